The summed E-state index contributed by atoms with van der Waals surface area (Å²) in [4.78, 5) is 4.42. The number of piperazine rings is 1. The summed E-state index contributed by atoms with van der Waals surface area (Å²) in [5.74, 6) is 0. The van der Waals surface area contributed by atoms with E-state index in [1.54, 1.807) is 19.1 Å². The lowest BCUT2D eigenvalue weighted by Gasteiger charge is -2.26. The predicted octanol–water partition coefficient (Wildman–Crippen LogP) is 0.746. The third-order valence-electron chi connectivity index (χ3n) is 2.70. The molecule has 94 valence electrons. The average Bonchev–Trinajstić information content (AvgIpc) is 2.29. The largest absolute Gasteiger partial charge is 0.314 e. The maximum absolute atomic E-state index is 12.4. The van der Waals surface area contributed by atoms with Gasteiger partial charge in [0.2, 0.25) is 10.0 Å². The van der Waals surface area contributed by atoms with Crippen molar-refractivity contribution >= 4 is 26.0 Å². The van der Waals surface area contributed by atoms with Crippen LogP contribution in [0.15, 0.2) is 21.6 Å². The van der Waals surface area contributed by atoms with Gasteiger partial charge in [-0.3, -0.25) is 0 Å². The number of pyridine rings is 1. The molecule has 1 fully saturated rings. The Morgan fingerprint density at radius 3 is 2.59 bits per heavy atom. The SMILES string of the molecule is Cc1nc(Br)ccc1S(=O)(=O)N1CCNCC1. The molecule has 0 atom stereocenters. The summed E-state index contributed by atoms with van der Waals surface area (Å²) < 4.78 is 26.9. The zero-order valence-electron chi connectivity index (χ0n) is 9.48. The molecule has 7 heteroatoms. The number of aryl methyl sites for hydroxylation is 1. The summed E-state index contributed by atoms with van der Waals surface area (Å²) in [6.07, 6.45) is 0. The summed E-state index contributed by atoms with van der Waals surface area (Å²) in [5, 5.41) is 3.13. The number of nitrogens with one attached hydrogen (secondary N) is 1. The zero-order valence-corrected chi connectivity index (χ0v) is 11.9. The third kappa shape index (κ3) is 2.67. The molecule has 2 heterocycles. The number of hydrogen-bond acceptors (Lipinski definition) is 4. The second-order valence-corrected chi connectivity index (χ2v) is 6.59. The molecule has 1 aliphatic rings. The summed E-state index contributed by atoms with van der Waals surface area (Å²) >= 11 is 3.23. The first-order chi connectivity index (χ1) is 8.01. The molecule has 0 amide bonds. The molecule has 0 radical (unpaired) electrons. The molecule has 5 nitrogen and oxygen atoms in total. The number of sulfonamides is 1. The van der Waals surface area contributed by atoms with Crippen molar-refractivity contribution in [1.29, 1.82) is 0 Å². The lowest BCUT2D eigenvalue weighted by Crippen LogP contribution is -2.46. The Morgan fingerprint density at radius 2 is 2.00 bits per heavy atom. The van der Waals surface area contributed by atoms with Gasteiger partial charge in [-0.2, -0.15) is 4.31 Å². The van der Waals surface area contributed by atoms with Gasteiger partial charge < -0.3 is 5.32 Å². The molecule has 1 aromatic heterocycles. The van der Waals surface area contributed by atoms with Gasteiger partial charge in [-0.15, -0.1) is 0 Å². The van der Waals surface area contributed by atoms with Crippen molar-refractivity contribution in [1.82, 2.24) is 14.6 Å². The normalized spacial score (nSPS) is 18.2. The molecule has 0 aliphatic carbocycles. The molecular formula is C10H14BrN3O2S. The second kappa shape index (κ2) is 5.01. The van der Waals surface area contributed by atoms with Crippen LogP contribution in [0.2, 0.25) is 0 Å². The summed E-state index contributed by atoms with van der Waals surface area (Å²) in [7, 11) is -3.40. The standard InChI is InChI=1S/C10H14BrN3O2S/c1-8-9(2-3-10(11)13-8)17(15,16)14-6-4-12-5-7-14/h2-3,12H,4-7H2,1H3. The van der Waals surface area contributed by atoms with Crippen LogP contribution in [0.3, 0.4) is 0 Å². The molecular weight excluding hydrogens is 306 g/mol. The van der Waals surface area contributed by atoms with E-state index in [1.807, 2.05) is 0 Å². The van der Waals surface area contributed by atoms with Crippen molar-refractivity contribution in [3.63, 3.8) is 0 Å². The highest BCUT2D eigenvalue weighted by atomic mass is 79.9. The van der Waals surface area contributed by atoms with Crippen LogP contribution >= 0.6 is 15.9 Å². The van der Waals surface area contributed by atoms with Crippen molar-refractivity contribution in [2.45, 2.75) is 11.8 Å². The molecule has 0 saturated carbocycles. The minimum atomic E-state index is -3.40. The number of nitrogens with zero attached hydrogens (tertiary/aromatic N) is 2. The maximum Gasteiger partial charge on any atom is 0.244 e. The van der Waals surface area contributed by atoms with Gasteiger partial charge in [-0.25, -0.2) is 13.4 Å². The Balaban J connectivity index is 2.37. The van der Waals surface area contributed by atoms with Crippen LogP contribution in [0.5, 0.6) is 0 Å². The lowest BCUT2D eigenvalue weighted by atomic mass is 10.4. The van der Waals surface area contributed by atoms with Crippen molar-refractivity contribution in [2.24, 2.45) is 0 Å². The fraction of sp³-hybridized carbons (Fsp3) is 0.500. The van der Waals surface area contributed by atoms with E-state index in [0.717, 1.165) is 0 Å². The van der Waals surface area contributed by atoms with Gasteiger partial charge in [-0.05, 0) is 35.0 Å². The Bertz CT molecular complexity index is 512. The van der Waals surface area contributed by atoms with E-state index in [2.05, 4.69) is 26.2 Å². The molecule has 1 aromatic rings. The molecule has 0 aromatic carbocycles. The van der Waals surface area contributed by atoms with Crippen LogP contribution in [-0.2, 0) is 10.0 Å². The van der Waals surface area contributed by atoms with E-state index < -0.39 is 10.0 Å². The van der Waals surface area contributed by atoms with Crippen LogP contribution in [0.1, 0.15) is 5.69 Å². The third-order valence-corrected chi connectivity index (χ3v) is 5.17. The maximum atomic E-state index is 12.4. The quantitative estimate of drug-likeness (QED) is 0.817. The smallest absolute Gasteiger partial charge is 0.244 e. The number of rotatable bonds is 2. The van der Waals surface area contributed by atoms with Crippen LogP contribution in [0.25, 0.3) is 0 Å². The minimum absolute atomic E-state index is 0.294. The van der Waals surface area contributed by atoms with Gasteiger partial charge in [0.25, 0.3) is 0 Å². The minimum Gasteiger partial charge on any atom is -0.314 e. The molecule has 1 N–H and O–H groups in total. The van der Waals surface area contributed by atoms with Crippen molar-refractivity contribution < 1.29 is 8.42 Å². The Labute approximate surface area is 109 Å². The van der Waals surface area contributed by atoms with Gasteiger partial charge in [0.1, 0.15) is 9.50 Å². The van der Waals surface area contributed by atoms with Gasteiger partial charge in [0.15, 0.2) is 0 Å². The van der Waals surface area contributed by atoms with Crippen LogP contribution in [0, 0.1) is 6.92 Å². The first kappa shape index (κ1) is 12.9. The lowest BCUT2D eigenvalue weighted by molar-refractivity contribution is 0.360. The number of halogens is 1. The fourth-order valence-corrected chi connectivity index (χ4v) is 3.81. The Kier molecular flexibility index (Phi) is 3.82. The highest BCUT2D eigenvalue weighted by Gasteiger charge is 2.27. The molecule has 17 heavy (non-hydrogen) atoms. The highest BCUT2D eigenvalue weighted by Crippen LogP contribution is 2.20. The van der Waals surface area contributed by atoms with Gasteiger partial charge in [0, 0.05) is 26.2 Å². The molecule has 0 bridgehead atoms. The number of aromatic nitrogens is 1. The van der Waals surface area contributed by atoms with Gasteiger partial charge in [-0.1, -0.05) is 0 Å². The van der Waals surface area contributed by atoms with Crippen LogP contribution in [-0.4, -0.2) is 43.9 Å². The van der Waals surface area contributed by atoms with Crippen LogP contribution < -0.4 is 5.32 Å². The molecule has 1 aliphatic heterocycles. The first-order valence-corrected chi connectivity index (χ1v) is 7.59. The molecule has 1 saturated heterocycles. The summed E-state index contributed by atoms with van der Waals surface area (Å²) in [6.45, 7) is 4.12. The van der Waals surface area contributed by atoms with E-state index in [1.165, 1.54) is 4.31 Å². The van der Waals surface area contributed by atoms with Crippen molar-refractivity contribution in [3.8, 4) is 0 Å². The average molecular weight is 320 g/mol. The summed E-state index contributed by atoms with van der Waals surface area (Å²) in [6, 6.07) is 3.26. The predicted molar refractivity (Wildman–Crippen MR) is 68.3 cm³/mol. The van der Waals surface area contributed by atoms with Crippen molar-refractivity contribution in [2.75, 3.05) is 26.2 Å². The second-order valence-electron chi connectivity index (χ2n) is 3.87. The molecule has 0 unspecified atom stereocenters. The Morgan fingerprint density at radius 1 is 1.35 bits per heavy atom. The van der Waals surface area contributed by atoms with E-state index in [4.69, 9.17) is 0 Å². The van der Waals surface area contributed by atoms with E-state index >= 15 is 0 Å². The van der Waals surface area contributed by atoms with E-state index in [9.17, 15) is 8.42 Å². The number of hydrogen-bond donors (Lipinski definition) is 1. The first-order valence-electron chi connectivity index (χ1n) is 5.36. The topological polar surface area (TPSA) is 62.3 Å². The van der Waals surface area contributed by atoms with Gasteiger partial charge >= 0.3 is 0 Å². The fourth-order valence-electron chi connectivity index (χ4n) is 1.81. The highest BCUT2D eigenvalue weighted by molar-refractivity contribution is 9.10. The molecule has 2 rings (SSSR count). The Hall–Kier alpha value is -0.500. The van der Waals surface area contributed by atoms with Crippen molar-refractivity contribution in [3.05, 3.63) is 22.4 Å². The van der Waals surface area contributed by atoms with E-state index in [0.29, 0.717) is 41.4 Å². The monoisotopic (exact) mass is 319 g/mol. The summed E-state index contributed by atoms with van der Waals surface area (Å²) in [5.41, 5.74) is 0.526. The zero-order chi connectivity index (χ0) is 12.5. The van der Waals surface area contributed by atoms with Crippen LogP contribution in [0.4, 0.5) is 0 Å². The van der Waals surface area contributed by atoms with E-state index in [-0.39, 0.29) is 0 Å². The van der Waals surface area contributed by atoms with Gasteiger partial charge in [0.05, 0.1) is 5.69 Å². The molecule has 0 spiro atoms.